The van der Waals surface area contributed by atoms with E-state index in [1.165, 1.54) is 25.6 Å². The SMILES string of the molecule is c1ccc2c(c1)cc(-c1nc(-c3cc4sc5ccccc5c4c4ccccc34)nc(-c3cc4ccccc4c4oc5ccccc5c34)n1)c1c3ccccc3oc21. The lowest BCUT2D eigenvalue weighted by Gasteiger charge is -2.13. The number of thiophene rings is 1. The summed E-state index contributed by atoms with van der Waals surface area (Å²) in [5.41, 5.74) is 6.01. The van der Waals surface area contributed by atoms with Gasteiger partial charge in [0.15, 0.2) is 17.5 Å². The second-order valence-electron chi connectivity index (χ2n) is 14.6. The van der Waals surface area contributed by atoms with E-state index >= 15 is 0 Å². The fourth-order valence-corrected chi connectivity index (χ4v) is 10.1. The summed E-state index contributed by atoms with van der Waals surface area (Å²) in [5, 5.41) is 13.0. The van der Waals surface area contributed by atoms with Gasteiger partial charge in [0, 0.05) is 69.2 Å². The quantitative estimate of drug-likeness (QED) is 0.180. The summed E-state index contributed by atoms with van der Waals surface area (Å²) < 4.78 is 15.8. The van der Waals surface area contributed by atoms with Gasteiger partial charge in [0.05, 0.1) is 0 Å². The smallest absolute Gasteiger partial charge is 0.164 e. The molecule has 0 aliphatic heterocycles. The summed E-state index contributed by atoms with van der Waals surface area (Å²) in [6.07, 6.45) is 0. The van der Waals surface area contributed by atoms with Crippen LogP contribution in [0.15, 0.2) is 173 Å². The second-order valence-corrected chi connectivity index (χ2v) is 15.7. The van der Waals surface area contributed by atoms with Crippen LogP contribution < -0.4 is 0 Å². The summed E-state index contributed by atoms with van der Waals surface area (Å²) >= 11 is 1.80. The molecule has 13 rings (SSSR count). The van der Waals surface area contributed by atoms with Crippen LogP contribution in [-0.2, 0) is 0 Å². The molecule has 6 heteroatoms. The van der Waals surface area contributed by atoms with E-state index in [0.29, 0.717) is 17.5 Å². The van der Waals surface area contributed by atoms with Crippen molar-refractivity contribution >= 4 is 108 Å². The minimum absolute atomic E-state index is 0.576. The monoisotopic (exact) mass is 745 g/mol. The van der Waals surface area contributed by atoms with Gasteiger partial charge in [0.1, 0.15) is 22.3 Å². The molecular weight excluding hydrogens is 719 g/mol. The Balaban J connectivity index is 1.20. The lowest BCUT2D eigenvalue weighted by Crippen LogP contribution is -2.01. The van der Waals surface area contributed by atoms with Gasteiger partial charge in [0.25, 0.3) is 0 Å². The third-order valence-corrected chi connectivity index (χ3v) is 12.6. The molecule has 0 spiro atoms. The number of para-hydroxylation sites is 2. The molecule has 0 aliphatic carbocycles. The highest BCUT2D eigenvalue weighted by Crippen LogP contribution is 2.46. The zero-order valence-electron chi connectivity index (χ0n) is 30.2. The summed E-state index contributed by atoms with van der Waals surface area (Å²) in [6, 6.07) is 57.2. The number of furan rings is 2. The van der Waals surface area contributed by atoms with Gasteiger partial charge in [-0.2, -0.15) is 0 Å². The van der Waals surface area contributed by atoms with Crippen molar-refractivity contribution in [3.63, 3.8) is 0 Å². The average molecular weight is 746 g/mol. The highest BCUT2D eigenvalue weighted by Gasteiger charge is 2.24. The molecule has 13 aromatic rings. The second kappa shape index (κ2) is 11.6. The molecule has 4 heterocycles. The van der Waals surface area contributed by atoms with Gasteiger partial charge in [-0.15, -0.1) is 11.3 Å². The predicted molar refractivity (Wildman–Crippen MR) is 236 cm³/mol. The Bertz CT molecular complexity index is 3660. The third-order valence-electron chi connectivity index (χ3n) is 11.5. The van der Waals surface area contributed by atoms with Crippen LogP contribution in [0.1, 0.15) is 0 Å². The Morgan fingerprint density at radius 2 is 0.772 bits per heavy atom. The third kappa shape index (κ3) is 4.41. The van der Waals surface area contributed by atoms with Gasteiger partial charge in [-0.3, -0.25) is 0 Å². The predicted octanol–water partition coefficient (Wildman–Crippen LogP) is 14.5. The molecule has 0 unspecified atom stereocenters. The van der Waals surface area contributed by atoms with Gasteiger partial charge in [-0.05, 0) is 57.9 Å². The maximum absolute atomic E-state index is 6.65. The minimum atomic E-state index is 0.576. The molecule has 0 saturated heterocycles. The van der Waals surface area contributed by atoms with Crippen LogP contribution in [0, 0.1) is 0 Å². The summed E-state index contributed by atoms with van der Waals surface area (Å²) in [5.74, 6) is 1.76. The summed E-state index contributed by atoms with van der Waals surface area (Å²) in [4.78, 5) is 16.4. The topological polar surface area (TPSA) is 65.0 Å². The first-order valence-electron chi connectivity index (χ1n) is 19.0. The van der Waals surface area contributed by atoms with E-state index in [1.807, 2.05) is 24.3 Å². The van der Waals surface area contributed by atoms with Crippen molar-refractivity contribution < 1.29 is 8.83 Å². The van der Waals surface area contributed by atoms with E-state index in [4.69, 9.17) is 23.8 Å². The zero-order chi connectivity index (χ0) is 37.2. The van der Waals surface area contributed by atoms with Gasteiger partial charge in [-0.1, -0.05) is 127 Å². The Morgan fingerprint density at radius 3 is 1.35 bits per heavy atom. The molecule has 5 nitrogen and oxygen atoms in total. The largest absolute Gasteiger partial charge is 0.455 e. The molecule has 0 fully saturated rings. The van der Waals surface area contributed by atoms with Gasteiger partial charge in [-0.25, -0.2) is 15.0 Å². The fraction of sp³-hybridized carbons (Fsp3) is 0. The number of fused-ring (bicyclic) bond motifs is 15. The first-order chi connectivity index (χ1) is 28.2. The van der Waals surface area contributed by atoms with E-state index in [-0.39, 0.29) is 0 Å². The number of rotatable bonds is 3. The van der Waals surface area contributed by atoms with Crippen LogP contribution in [0.5, 0.6) is 0 Å². The van der Waals surface area contributed by atoms with Crippen molar-refractivity contribution in [2.45, 2.75) is 0 Å². The first kappa shape index (κ1) is 30.9. The molecule has 9 aromatic carbocycles. The highest BCUT2D eigenvalue weighted by molar-refractivity contribution is 7.26. The molecule has 264 valence electrons. The molecule has 0 N–H and O–H groups in total. The van der Waals surface area contributed by atoms with Crippen LogP contribution in [0.25, 0.3) is 131 Å². The average Bonchev–Trinajstić information content (AvgIpc) is 3.98. The standard InChI is InChI=1S/C51H27N3O2S/c1-3-15-30-28(13-1)25-38(45-34-19-7-10-22-40(34)55-47(30)45)50-52-49(37-27-43-44(33-18-6-5-17-32(33)37)36-21-9-12-24-42(36)57-43)53-51(54-50)39-26-29-14-2-4-16-31(29)48-46(39)35-20-8-11-23-41(35)56-48/h1-27H. The van der Waals surface area contributed by atoms with Crippen LogP contribution in [0.4, 0.5) is 0 Å². The molecule has 0 saturated carbocycles. The Labute approximate surface area is 328 Å². The molecule has 57 heavy (non-hydrogen) atoms. The number of aromatic nitrogens is 3. The van der Waals surface area contributed by atoms with Crippen molar-refractivity contribution in [1.82, 2.24) is 15.0 Å². The van der Waals surface area contributed by atoms with E-state index < -0.39 is 0 Å². The van der Waals surface area contributed by atoms with Crippen LogP contribution in [0.3, 0.4) is 0 Å². The number of hydrogen-bond donors (Lipinski definition) is 0. The molecule has 0 amide bonds. The van der Waals surface area contributed by atoms with E-state index in [0.717, 1.165) is 87.5 Å². The van der Waals surface area contributed by atoms with E-state index in [1.54, 1.807) is 11.3 Å². The summed E-state index contributed by atoms with van der Waals surface area (Å²) in [7, 11) is 0. The maximum Gasteiger partial charge on any atom is 0.164 e. The van der Waals surface area contributed by atoms with Gasteiger partial charge < -0.3 is 8.83 Å². The van der Waals surface area contributed by atoms with Gasteiger partial charge in [0.2, 0.25) is 0 Å². The number of hydrogen-bond acceptors (Lipinski definition) is 6. The molecule has 0 bridgehead atoms. The van der Waals surface area contributed by atoms with Crippen molar-refractivity contribution in [3.05, 3.63) is 164 Å². The Hall–Kier alpha value is -7.41. The lowest BCUT2D eigenvalue weighted by atomic mass is 9.97. The zero-order valence-corrected chi connectivity index (χ0v) is 31.0. The molecule has 4 aromatic heterocycles. The van der Waals surface area contributed by atoms with Gasteiger partial charge >= 0.3 is 0 Å². The number of benzene rings is 9. The highest BCUT2D eigenvalue weighted by atomic mass is 32.1. The fourth-order valence-electron chi connectivity index (χ4n) is 8.98. The maximum atomic E-state index is 6.65. The lowest BCUT2D eigenvalue weighted by molar-refractivity contribution is 0.672. The van der Waals surface area contributed by atoms with Crippen molar-refractivity contribution in [2.75, 3.05) is 0 Å². The normalized spacial score (nSPS) is 12.2. The molecular formula is C51H27N3O2S. The van der Waals surface area contributed by atoms with Crippen LogP contribution >= 0.6 is 11.3 Å². The Kier molecular flexibility index (Phi) is 6.26. The minimum Gasteiger partial charge on any atom is -0.455 e. The Morgan fingerprint density at radius 1 is 0.333 bits per heavy atom. The molecule has 0 atom stereocenters. The van der Waals surface area contributed by atoms with Crippen molar-refractivity contribution in [1.29, 1.82) is 0 Å². The van der Waals surface area contributed by atoms with Crippen molar-refractivity contribution in [2.24, 2.45) is 0 Å². The summed E-state index contributed by atoms with van der Waals surface area (Å²) in [6.45, 7) is 0. The van der Waals surface area contributed by atoms with E-state index in [2.05, 4.69) is 140 Å². The first-order valence-corrected chi connectivity index (χ1v) is 19.8. The molecule has 0 aliphatic rings. The molecule has 0 radical (unpaired) electrons. The van der Waals surface area contributed by atoms with Crippen molar-refractivity contribution in [3.8, 4) is 34.2 Å². The van der Waals surface area contributed by atoms with Crippen LogP contribution in [0.2, 0.25) is 0 Å². The number of nitrogens with zero attached hydrogens (tertiary/aromatic N) is 3. The van der Waals surface area contributed by atoms with Crippen LogP contribution in [-0.4, -0.2) is 15.0 Å². The van der Waals surface area contributed by atoms with E-state index in [9.17, 15) is 0 Å².